The van der Waals surface area contributed by atoms with Crippen LogP contribution in [-0.2, 0) is 9.47 Å². The van der Waals surface area contributed by atoms with Crippen molar-refractivity contribution in [2.24, 2.45) is 0 Å². The second-order valence-electron chi connectivity index (χ2n) is 3.18. The number of hydrogen-bond donors (Lipinski definition) is 1. The van der Waals surface area contributed by atoms with Gasteiger partial charge in [0.1, 0.15) is 0 Å². The molecule has 0 aliphatic carbocycles. The van der Waals surface area contributed by atoms with Gasteiger partial charge in [0.25, 0.3) is 0 Å². The van der Waals surface area contributed by atoms with Crippen molar-refractivity contribution < 1.29 is 14.3 Å². The zero-order valence-electron chi connectivity index (χ0n) is 9.03. The fourth-order valence-electron chi connectivity index (χ4n) is 1.16. The molecule has 5 heteroatoms. The van der Waals surface area contributed by atoms with E-state index >= 15 is 0 Å². The molecule has 2 N–H and O–H groups in total. The van der Waals surface area contributed by atoms with Crippen LogP contribution in [0.4, 0.5) is 5.69 Å². The number of nitrogen functional groups attached to an aromatic ring is 1. The molecule has 1 aromatic carbocycles. The number of halogens is 1. The third-order valence-electron chi connectivity index (χ3n) is 2.00. The molecule has 0 aliphatic heterocycles. The van der Waals surface area contributed by atoms with E-state index in [9.17, 15) is 4.79 Å². The molecule has 16 heavy (non-hydrogen) atoms. The Hall–Kier alpha value is -1.26. The molecule has 1 rings (SSSR count). The Labute approximate surface area is 99.3 Å². The molecule has 0 spiro atoms. The van der Waals surface area contributed by atoms with E-state index < -0.39 is 5.97 Å². The highest BCUT2D eigenvalue weighted by Gasteiger charge is 2.12. The van der Waals surface area contributed by atoms with Crippen LogP contribution in [0.2, 0.25) is 5.02 Å². The van der Waals surface area contributed by atoms with Crippen LogP contribution < -0.4 is 5.73 Å². The average Bonchev–Trinajstić information content (AvgIpc) is 2.28. The topological polar surface area (TPSA) is 61.5 Å². The van der Waals surface area contributed by atoms with Gasteiger partial charge in [-0.1, -0.05) is 17.7 Å². The summed E-state index contributed by atoms with van der Waals surface area (Å²) < 4.78 is 9.84. The van der Waals surface area contributed by atoms with Gasteiger partial charge < -0.3 is 15.2 Å². The van der Waals surface area contributed by atoms with E-state index in [-0.39, 0.29) is 5.69 Å². The Kier molecular flexibility index (Phi) is 5.08. The quantitative estimate of drug-likeness (QED) is 0.489. The Morgan fingerprint density at radius 1 is 1.44 bits per heavy atom. The van der Waals surface area contributed by atoms with Crippen molar-refractivity contribution in [2.75, 3.05) is 26.1 Å². The molecule has 0 bridgehead atoms. The number of anilines is 1. The summed E-state index contributed by atoms with van der Waals surface area (Å²) >= 11 is 5.79. The van der Waals surface area contributed by atoms with Crippen molar-refractivity contribution in [3.63, 3.8) is 0 Å². The second-order valence-corrected chi connectivity index (χ2v) is 3.59. The molecule has 0 unspecified atom stereocenters. The fourth-order valence-corrected chi connectivity index (χ4v) is 1.34. The molecule has 0 fully saturated rings. The van der Waals surface area contributed by atoms with Crippen LogP contribution in [0.3, 0.4) is 0 Å². The van der Waals surface area contributed by atoms with E-state index in [1.165, 1.54) is 0 Å². The smallest absolute Gasteiger partial charge is 0.340 e. The van der Waals surface area contributed by atoms with Crippen molar-refractivity contribution in [3.05, 3.63) is 28.8 Å². The fraction of sp³-hybridized carbons (Fsp3) is 0.364. The molecular weight excluding hydrogens is 230 g/mol. The molecular formula is C11H14ClNO3. The predicted molar refractivity (Wildman–Crippen MR) is 62.6 cm³/mol. The van der Waals surface area contributed by atoms with Crippen LogP contribution in [0.15, 0.2) is 18.2 Å². The van der Waals surface area contributed by atoms with Gasteiger partial charge in [-0.05, 0) is 12.1 Å². The van der Waals surface area contributed by atoms with Gasteiger partial charge in [0.15, 0.2) is 0 Å². The molecule has 1 aromatic rings. The maximum atomic E-state index is 11.6. The van der Waals surface area contributed by atoms with Gasteiger partial charge in [0.2, 0.25) is 0 Å². The van der Waals surface area contributed by atoms with E-state index in [2.05, 4.69) is 0 Å². The second kappa shape index (κ2) is 6.35. The lowest BCUT2D eigenvalue weighted by molar-refractivity contribution is 0.0469. The molecule has 0 saturated carbocycles. The number of carbonyl (C=O) groups is 1. The minimum atomic E-state index is -0.462. The Balaban J connectivity index is 2.56. The van der Waals surface area contributed by atoms with E-state index in [1.54, 1.807) is 25.3 Å². The zero-order valence-corrected chi connectivity index (χ0v) is 9.79. The first kappa shape index (κ1) is 12.8. The molecule has 0 amide bonds. The maximum absolute atomic E-state index is 11.6. The first-order chi connectivity index (χ1) is 7.66. The van der Waals surface area contributed by atoms with Gasteiger partial charge in [-0.15, -0.1) is 0 Å². The van der Waals surface area contributed by atoms with E-state index in [1.807, 2.05) is 0 Å². The van der Waals surface area contributed by atoms with Gasteiger partial charge in [0, 0.05) is 20.1 Å². The summed E-state index contributed by atoms with van der Waals surface area (Å²) in [6.45, 7) is 0.858. The highest BCUT2D eigenvalue weighted by atomic mass is 35.5. The molecule has 0 aromatic heterocycles. The van der Waals surface area contributed by atoms with Crippen LogP contribution in [-0.4, -0.2) is 26.3 Å². The summed E-state index contributed by atoms with van der Waals surface area (Å²) in [6.07, 6.45) is 0.655. The first-order valence-electron chi connectivity index (χ1n) is 4.87. The lowest BCUT2D eigenvalue weighted by atomic mass is 10.2. The Bertz CT molecular complexity index is 368. The first-order valence-corrected chi connectivity index (χ1v) is 5.24. The SMILES string of the molecule is COCCCOC(=O)c1cccc(Cl)c1N. The van der Waals surface area contributed by atoms with Crippen molar-refractivity contribution in [1.82, 2.24) is 0 Å². The predicted octanol–water partition coefficient (Wildman–Crippen LogP) is 2.12. The standard InChI is InChI=1S/C11H14ClNO3/c1-15-6-3-7-16-11(14)8-4-2-5-9(12)10(8)13/h2,4-5H,3,6-7,13H2,1H3. The largest absolute Gasteiger partial charge is 0.462 e. The van der Waals surface area contributed by atoms with Crippen LogP contribution >= 0.6 is 11.6 Å². The Morgan fingerprint density at radius 2 is 2.19 bits per heavy atom. The number of nitrogens with two attached hydrogens (primary N) is 1. The summed E-state index contributed by atoms with van der Waals surface area (Å²) in [5.74, 6) is -0.462. The molecule has 0 atom stereocenters. The molecule has 0 aliphatic rings. The van der Waals surface area contributed by atoms with E-state index in [4.69, 9.17) is 26.8 Å². The number of rotatable bonds is 5. The van der Waals surface area contributed by atoms with Gasteiger partial charge in [-0.25, -0.2) is 4.79 Å². The van der Waals surface area contributed by atoms with Crippen molar-refractivity contribution >= 4 is 23.3 Å². The molecule has 0 saturated heterocycles. The third-order valence-corrected chi connectivity index (χ3v) is 2.33. The lowest BCUT2D eigenvalue weighted by Crippen LogP contribution is -2.10. The summed E-state index contributed by atoms with van der Waals surface area (Å²) in [6, 6.07) is 4.86. The number of carbonyl (C=O) groups excluding carboxylic acids is 1. The van der Waals surface area contributed by atoms with Crippen LogP contribution in [0.5, 0.6) is 0 Å². The minimum absolute atomic E-state index is 0.251. The van der Waals surface area contributed by atoms with Crippen molar-refractivity contribution in [2.45, 2.75) is 6.42 Å². The van der Waals surface area contributed by atoms with Crippen LogP contribution in [0, 0.1) is 0 Å². The highest BCUT2D eigenvalue weighted by Crippen LogP contribution is 2.22. The van der Waals surface area contributed by atoms with Gasteiger partial charge in [-0.2, -0.15) is 0 Å². The minimum Gasteiger partial charge on any atom is -0.462 e. The molecule has 0 heterocycles. The van der Waals surface area contributed by atoms with Crippen molar-refractivity contribution in [1.29, 1.82) is 0 Å². The molecule has 88 valence electrons. The van der Waals surface area contributed by atoms with Crippen LogP contribution in [0.1, 0.15) is 16.8 Å². The number of benzene rings is 1. The maximum Gasteiger partial charge on any atom is 0.340 e. The van der Waals surface area contributed by atoms with Gasteiger partial charge in [0.05, 0.1) is 22.9 Å². The highest BCUT2D eigenvalue weighted by molar-refractivity contribution is 6.33. The van der Waals surface area contributed by atoms with Crippen molar-refractivity contribution in [3.8, 4) is 0 Å². The monoisotopic (exact) mass is 243 g/mol. The number of esters is 1. The number of para-hydroxylation sites is 1. The van der Waals surface area contributed by atoms with E-state index in [0.717, 1.165) is 0 Å². The third kappa shape index (κ3) is 3.40. The molecule has 0 radical (unpaired) electrons. The van der Waals surface area contributed by atoms with Gasteiger partial charge in [-0.3, -0.25) is 0 Å². The summed E-state index contributed by atoms with van der Waals surface area (Å²) in [4.78, 5) is 11.6. The van der Waals surface area contributed by atoms with Crippen LogP contribution in [0.25, 0.3) is 0 Å². The average molecular weight is 244 g/mol. The molecule has 4 nitrogen and oxygen atoms in total. The Morgan fingerprint density at radius 3 is 2.88 bits per heavy atom. The van der Waals surface area contributed by atoms with Gasteiger partial charge >= 0.3 is 5.97 Å². The lowest BCUT2D eigenvalue weighted by Gasteiger charge is -2.07. The number of hydrogen-bond acceptors (Lipinski definition) is 4. The normalized spacial score (nSPS) is 10.1. The summed E-state index contributed by atoms with van der Waals surface area (Å²) in [5.41, 5.74) is 6.20. The number of methoxy groups -OCH3 is 1. The van der Waals surface area contributed by atoms with E-state index in [0.29, 0.717) is 30.2 Å². The number of ether oxygens (including phenoxy) is 2. The zero-order chi connectivity index (χ0) is 12.0. The summed E-state index contributed by atoms with van der Waals surface area (Å²) in [7, 11) is 1.59. The summed E-state index contributed by atoms with van der Waals surface area (Å²) in [5, 5.41) is 0.353.